The average Bonchev–Trinajstić information content (AvgIpc) is 3.26. The minimum absolute atomic E-state index is 0.00240. The highest BCUT2D eigenvalue weighted by atomic mass is 16.5. The second-order valence-electron chi connectivity index (χ2n) is 6.70. The molecule has 2 fully saturated rings. The van der Waals surface area contributed by atoms with Crippen molar-refractivity contribution in [3.8, 4) is 0 Å². The van der Waals surface area contributed by atoms with Crippen molar-refractivity contribution in [3.63, 3.8) is 0 Å². The van der Waals surface area contributed by atoms with Gasteiger partial charge in [-0.1, -0.05) is 12.2 Å². The molecule has 3 rings (SSSR count). The van der Waals surface area contributed by atoms with Gasteiger partial charge in [-0.05, 0) is 13.3 Å². The van der Waals surface area contributed by atoms with E-state index in [1.54, 1.807) is 0 Å². The van der Waals surface area contributed by atoms with Gasteiger partial charge < -0.3 is 19.7 Å². The number of carbonyl (C=O) groups is 3. The van der Waals surface area contributed by atoms with E-state index in [1.165, 1.54) is 11.8 Å². The third kappa shape index (κ3) is 2.54. The number of fused-ring (bicyclic) bond motifs is 5. The fourth-order valence-electron chi connectivity index (χ4n) is 3.33. The molecular formula is C16H21NO7. The number of imide groups is 1. The van der Waals surface area contributed by atoms with Gasteiger partial charge in [0.15, 0.2) is 0 Å². The highest BCUT2D eigenvalue weighted by Crippen LogP contribution is 2.44. The predicted octanol–water partition coefficient (Wildman–Crippen LogP) is -1.15. The fourth-order valence-corrected chi connectivity index (χ4v) is 3.33. The molecule has 3 aliphatic heterocycles. The van der Waals surface area contributed by atoms with Crippen LogP contribution in [0.25, 0.3) is 0 Å². The summed E-state index contributed by atoms with van der Waals surface area (Å²) >= 11 is 0. The molecule has 2 bridgehead atoms. The van der Waals surface area contributed by atoms with Crippen molar-refractivity contribution < 1.29 is 34.1 Å². The zero-order valence-corrected chi connectivity index (χ0v) is 13.4. The number of nitrogens with zero attached hydrogens (tertiary/aromatic N) is 1. The molecule has 3 heterocycles. The van der Waals surface area contributed by atoms with Crippen LogP contribution in [0.1, 0.15) is 13.3 Å². The lowest BCUT2D eigenvalue weighted by atomic mass is 9.85. The summed E-state index contributed by atoms with van der Waals surface area (Å²) in [5.41, 5.74) is -1.35. The highest BCUT2D eigenvalue weighted by Gasteiger charge is 2.60. The molecule has 0 spiro atoms. The van der Waals surface area contributed by atoms with Gasteiger partial charge in [-0.2, -0.15) is 0 Å². The summed E-state index contributed by atoms with van der Waals surface area (Å²) in [5.74, 6) is -2.03. The van der Waals surface area contributed by atoms with Crippen LogP contribution in [0.3, 0.4) is 0 Å². The number of aliphatic hydroxyl groups is 2. The van der Waals surface area contributed by atoms with Gasteiger partial charge in [0, 0.05) is 6.54 Å². The smallest absolute Gasteiger partial charge is 0.316 e. The normalized spacial score (nSPS) is 31.0. The van der Waals surface area contributed by atoms with E-state index in [1.807, 2.05) is 12.2 Å². The summed E-state index contributed by atoms with van der Waals surface area (Å²) in [6.07, 6.45) is 3.34. The molecule has 8 nitrogen and oxygen atoms in total. The molecule has 24 heavy (non-hydrogen) atoms. The van der Waals surface area contributed by atoms with E-state index in [-0.39, 0.29) is 37.2 Å². The van der Waals surface area contributed by atoms with Crippen molar-refractivity contribution in [1.82, 2.24) is 4.90 Å². The molecule has 0 saturated carbocycles. The Bertz CT molecular complexity index is 553. The number of carbonyl (C=O) groups excluding carboxylic acids is 3. The van der Waals surface area contributed by atoms with Gasteiger partial charge in [0.2, 0.25) is 11.8 Å². The number of aliphatic hydroxyl groups excluding tert-OH is 2. The Morgan fingerprint density at radius 3 is 2.25 bits per heavy atom. The van der Waals surface area contributed by atoms with Crippen molar-refractivity contribution in [1.29, 1.82) is 0 Å². The highest BCUT2D eigenvalue weighted by molar-refractivity contribution is 6.06. The minimum atomic E-state index is -1.35. The topological polar surface area (TPSA) is 113 Å². The summed E-state index contributed by atoms with van der Waals surface area (Å²) in [6, 6.07) is 0. The minimum Gasteiger partial charge on any atom is -0.465 e. The molecule has 0 radical (unpaired) electrons. The number of likely N-dealkylation sites (tertiary alicyclic amines) is 1. The lowest BCUT2D eigenvalue weighted by Crippen LogP contribution is -2.38. The summed E-state index contributed by atoms with van der Waals surface area (Å²) in [7, 11) is 0. The lowest BCUT2D eigenvalue weighted by molar-refractivity contribution is -0.160. The zero-order chi connectivity index (χ0) is 17.5. The molecule has 0 aromatic heterocycles. The monoisotopic (exact) mass is 339 g/mol. The molecule has 4 atom stereocenters. The first kappa shape index (κ1) is 17.1. The van der Waals surface area contributed by atoms with Gasteiger partial charge in [0.1, 0.15) is 5.41 Å². The third-order valence-electron chi connectivity index (χ3n) is 4.95. The van der Waals surface area contributed by atoms with E-state index in [0.29, 0.717) is 6.42 Å². The van der Waals surface area contributed by atoms with Crippen molar-refractivity contribution in [3.05, 3.63) is 12.2 Å². The lowest BCUT2D eigenvalue weighted by Gasteiger charge is -2.22. The van der Waals surface area contributed by atoms with Crippen LogP contribution < -0.4 is 0 Å². The molecule has 132 valence electrons. The van der Waals surface area contributed by atoms with Gasteiger partial charge in [-0.25, -0.2) is 0 Å². The Morgan fingerprint density at radius 2 is 1.75 bits per heavy atom. The SMILES string of the molecule is CC(CO)(CO)C(=O)OCCCN1C(=O)C2C3C=CC(O3)C2C1=O. The van der Waals surface area contributed by atoms with Gasteiger partial charge in [0.25, 0.3) is 0 Å². The first-order valence-electron chi connectivity index (χ1n) is 8.01. The number of amides is 2. The standard InChI is InChI=1S/C16H21NO7/c1-16(7-18,8-19)15(22)23-6-2-5-17-13(20)11-9-3-4-10(24-9)12(11)14(17)21/h3-4,9-12,18-19H,2,5-8H2,1H3. The summed E-state index contributed by atoms with van der Waals surface area (Å²) in [6.45, 7) is 0.525. The maximum Gasteiger partial charge on any atom is 0.316 e. The molecule has 3 aliphatic rings. The third-order valence-corrected chi connectivity index (χ3v) is 4.95. The molecule has 4 unspecified atom stereocenters. The Kier molecular flexibility index (Phi) is 4.46. The second kappa shape index (κ2) is 6.27. The van der Waals surface area contributed by atoms with Crippen molar-refractivity contribution in [2.45, 2.75) is 25.6 Å². The van der Waals surface area contributed by atoms with E-state index in [4.69, 9.17) is 19.7 Å². The number of ether oxygens (including phenoxy) is 2. The average molecular weight is 339 g/mol. The van der Waals surface area contributed by atoms with E-state index in [9.17, 15) is 14.4 Å². The first-order chi connectivity index (χ1) is 11.4. The second-order valence-corrected chi connectivity index (χ2v) is 6.70. The Labute approximate surface area is 139 Å². The molecule has 8 heteroatoms. The van der Waals surface area contributed by atoms with Gasteiger partial charge in [-0.15, -0.1) is 0 Å². The van der Waals surface area contributed by atoms with Crippen LogP contribution in [0.5, 0.6) is 0 Å². The molecule has 2 N–H and O–H groups in total. The Balaban J connectivity index is 1.49. The van der Waals surface area contributed by atoms with Crippen molar-refractivity contribution >= 4 is 17.8 Å². The Morgan fingerprint density at radius 1 is 1.21 bits per heavy atom. The summed E-state index contributed by atoms with van der Waals surface area (Å²) in [4.78, 5) is 37.8. The predicted molar refractivity (Wildman–Crippen MR) is 79.4 cm³/mol. The van der Waals surface area contributed by atoms with E-state index < -0.39 is 36.4 Å². The van der Waals surface area contributed by atoms with Crippen molar-refractivity contribution in [2.75, 3.05) is 26.4 Å². The van der Waals surface area contributed by atoms with Gasteiger partial charge in [0.05, 0.1) is 43.9 Å². The quantitative estimate of drug-likeness (QED) is 0.260. The maximum atomic E-state index is 12.4. The van der Waals surface area contributed by atoms with Crippen LogP contribution in [0.2, 0.25) is 0 Å². The largest absolute Gasteiger partial charge is 0.465 e. The summed E-state index contributed by atoms with van der Waals surface area (Å²) in [5, 5.41) is 18.3. The van der Waals surface area contributed by atoms with E-state index in [0.717, 1.165) is 0 Å². The zero-order valence-electron chi connectivity index (χ0n) is 13.4. The van der Waals surface area contributed by atoms with Crippen molar-refractivity contribution in [2.24, 2.45) is 17.3 Å². The molecular weight excluding hydrogens is 318 g/mol. The molecule has 2 amide bonds. The fraction of sp³-hybridized carbons (Fsp3) is 0.688. The van der Waals surface area contributed by atoms with Crippen LogP contribution in [-0.2, 0) is 23.9 Å². The molecule has 0 aromatic rings. The van der Waals surface area contributed by atoms with Crippen LogP contribution in [0, 0.1) is 17.3 Å². The molecule has 2 saturated heterocycles. The number of hydrogen-bond donors (Lipinski definition) is 2. The van der Waals surface area contributed by atoms with Crippen LogP contribution >= 0.6 is 0 Å². The number of esters is 1. The molecule has 0 aliphatic carbocycles. The van der Waals surface area contributed by atoms with Crippen LogP contribution in [0.15, 0.2) is 12.2 Å². The van der Waals surface area contributed by atoms with E-state index in [2.05, 4.69) is 0 Å². The Hall–Kier alpha value is -1.77. The summed E-state index contributed by atoms with van der Waals surface area (Å²) < 4.78 is 10.6. The molecule has 0 aromatic carbocycles. The van der Waals surface area contributed by atoms with Crippen LogP contribution in [0.4, 0.5) is 0 Å². The van der Waals surface area contributed by atoms with Crippen LogP contribution in [-0.4, -0.2) is 71.5 Å². The number of hydrogen-bond acceptors (Lipinski definition) is 7. The van der Waals surface area contributed by atoms with Gasteiger partial charge >= 0.3 is 5.97 Å². The van der Waals surface area contributed by atoms with Gasteiger partial charge in [-0.3, -0.25) is 19.3 Å². The maximum absolute atomic E-state index is 12.4. The van der Waals surface area contributed by atoms with E-state index >= 15 is 0 Å². The first-order valence-corrected chi connectivity index (χ1v) is 8.01. The number of rotatable bonds is 7.